The van der Waals surface area contributed by atoms with Crippen LogP contribution in [0.5, 0.6) is 0 Å². The number of hydrogen-bond acceptors (Lipinski definition) is 3. The third kappa shape index (κ3) is 1.97. The Labute approximate surface area is 94.7 Å². The minimum absolute atomic E-state index is 0.0184. The van der Waals surface area contributed by atoms with E-state index in [4.69, 9.17) is 5.73 Å². The first-order valence-corrected chi connectivity index (χ1v) is 5.39. The van der Waals surface area contributed by atoms with Gasteiger partial charge in [-0.25, -0.2) is 5.01 Å². The van der Waals surface area contributed by atoms with Gasteiger partial charge in [-0.15, -0.1) is 0 Å². The van der Waals surface area contributed by atoms with Gasteiger partial charge in [-0.1, -0.05) is 12.1 Å². The standard InChI is InChI=1S/C12H15N3O/c1-9-8-14-15(12(9)16)11-4-2-3-10(7-11)5-6-13/h2-4,7-9H,5-6,13H2,1H3. The predicted molar refractivity (Wildman–Crippen MR) is 64.3 cm³/mol. The van der Waals surface area contributed by atoms with Crippen LogP contribution in [0.4, 0.5) is 5.69 Å². The molecule has 0 spiro atoms. The van der Waals surface area contributed by atoms with E-state index in [-0.39, 0.29) is 11.8 Å². The summed E-state index contributed by atoms with van der Waals surface area (Å²) in [5, 5.41) is 5.55. The zero-order chi connectivity index (χ0) is 11.5. The molecule has 0 aliphatic carbocycles. The van der Waals surface area contributed by atoms with Crippen molar-refractivity contribution >= 4 is 17.8 Å². The average molecular weight is 217 g/mol. The second-order valence-electron chi connectivity index (χ2n) is 3.91. The highest BCUT2D eigenvalue weighted by atomic mass is 16.2. The first kappa shape index (κ1) is 10.8. The molecule has 1 aliphatic rings. The number of anilines is 1. The van der Waals surface area contributed by atoms with Crippen LogP contribution < -0.4 is 10.7 Å². The first-order chi connectivity index (χ1) is 7.72. The van der Waals surface area contributed by atoms with Gasteiger partial charge in [-0.05, 0) is 37.6 Å². The van der Waals surface area contributed by atoms with Gasteiger partial charge in [0.05, 0.1) is 11.6 Å². The smallest absolute Gasteiger partial charge is 0.255 e. The maximum atomic E-state index is 11.8. The van der Waals surface area contributed by atoms with Gasteiger partial charge in [0.2, 0.25) is 0 Å². The molecular weight excluding hydrogens is 202 g/mol. The lowest BCUT2D eigenvalue weighted by Crippen LogP contribution is -2.24. The highest BCUT2D eigenvalue weighted by molar-refractivity contribution is 6.07. The predicted octanol–water partition coefficient (Wildman–Crippen LogP) is 1.16. The van der Waals surface area contributed by atoms with Gasteiger partial charge < -0.3 is 5.73 Å². The summed E-state index contributed by atoms with van der Waals surface area (Å²) in [6.45, 7) is 2.45. The van der Waals surface area contributed by atoms with E-state index in [0.29, 0.717) is 6.54 Å². The van der Waals surface area contributed by atoms with Crippen molar-refractivity contribution in [1.29, 1.82) is 0 Å². The topological polar surface area (TPSA) is 58.7 Å². The van der Waals surface area contributed by atoms with E-state index >= 15 is 0 Å². The summed E-state index contributed by atoms with van der Waals surface area (Å²) in [6, 6.07) is 7.77. The second kappa shape index (κ2) is 4.45. The monoisotopic (exact) mass is 217 g/mol. The van der Waals surface area contributed by atoms with E-state index < -0.39 is 0 Å². The fourth-order valence-electron chi connectivity index (χ4n) is 1.68. The molecule has 16 heavy (non-hydrogen) atoms. The number of rotatable bonds is 3. The van der Waals surface area contributed by atoms with Gasteiger partial charge in [0, 0.05) is 6.21 Å². The number of carbonyl (C=O) groups is 1. The summed E-state index contributed by atoms with van der Waals surface area (Å²) >= 11 is 0. The molecule has 1 aliphatic heterocycles. The van der Waals surface area contributed by atoms with Crippen molar-refractivity contribution in [3.8, 4) is 0 Å². The van der Waals surface area contributed by atoms with Crippen LogP contribution in [0.3, 0.4) is 0 Å². The minimum atomic E-state index is -0.127. The van der Waals surface area contributed by atoms with Crippen molar-refractivity contribution in [2.24, 2.45) is 16.8 Å². The van der Waals surface area contributed by atoms with Crippen molar-refractivity contribution in [1.82, 2.24) is 0 Å². The number of benzene rings is 1. The molecule has 1 heterocycles. The molecule has 1 amide bonds. The number of carbonyl (C=O) groups excluding carboxylic acids is 1. The minimum Gasteiger partial charge on any atom is -0.330 e. The van der Waals surface area contributed by atoms with Crippen molar-refractivity contribution in [2.75, 3.05) is 11.6 Å². The van der Waals surface area contributed by atoms with Crippen LogP contribution in [0.2, 0.25) is 0 Å². The summed E-state index contributed by atoms with van der Waals surface area (Å²) < 4.78 is 0. The highest BCUT2D eigenvalue weighted by Gasteiger charge is 2.25. The zero-order valence-corrected chi connectivity index (χ0v) is 9.26. The van der Waals surface area contributed by atoms with Crippen LogP contribution in [-0.2, 0) is 11.2 Å². The number of nitrogens with zero attached hydrogens (tertiary/aromatic N) is 2. The molecule has 0 saturated carbocycles. The molecule has 4 nitrogen and oxygen atoms in total. The summed E-state index contributed by atoms with van der Waals surface area (Å²) in [5.74, 6) is -0.108. The Morgan fingerprint density at radius 2 is 2.31 bits per heavy atom. The number of amides is 1. The van der Waals surface area contributed by atoms with E-state index in [0.717, 1.165) is 17.7 Å². The zero-order valence-electron chi connectivity index (χ0n) is 9.26. The quantitative estimate of drug-likeness (QED) is 0.825. The van der Waals surface area contributed by atoms with Crippen molar-refractivity contribution in [3.05, 3.63) is 29.8 Å². The van der Waals surface area contributed by atoms with Gasteiger partial charge in [0.1, 0.15) is 0 Å². The Morgan fingerprint density at radius 3 is 2.94 bits per heavy atom. The van der Waals surface area contributed by atoms with Crippen molar-refractivity contribution in [2.45, 2.75) is 13.3 Å². The van der Waals surface area contributed by atoms with E-state index in [1.54, 1.807) is 6.21 Å². The fraction of sp³-hybridized carbons (Fsp3) is 0.333. The Balaban J connectivity index is 2.24. The molecule has 0 aromatic heterocycles. The van der Waals surface area contributed by atoms with Crippen LogP contribution in [0.15, 0.2) is 29.4 Å². The number of hydrazone groups is 1. The van der Waals surface area contributed by atoms with Crippen LogP contribution >= 0.6 is 0 Å². The SMILES string of the molecule is CC1C=NN(c2cccc(CCN)c2)C1=O. The van der Waals surface area contributed by atoms with Gasteiger partial charge in [-0.3, -0.25) is 4.79 Å². The Kier molecular flexibility index (Phi) is 3.01. The molecule has 1 aromatic rings. The summed E-state index contributed by atoms with van der Waals surface area (Å²) in [4.78, 5) is 11.8. The lowest BCUT2D eigenvalue weighted by Gasteiger charge is -2.13. The van der Waals surface area contributed by atoms with Crippen LogP contribution in [0, 0.1) is 5.92 Å². The molecule has 1 aromatic carbocycles. The van der Waals surface area contributed by atoms with Gasteiger partial charge in [0.25, 0.3) is 5.91 Å². The molecule has 2 N–H and O–H groups in total. The third-order valence-corrected chi connectivity index (χ3v) is 2.59. The normalized spacial score (nSPS) is 19.5. The van der Waals surface area contributed by atoms with Crippen LogP contribution in [0.1, 0.15) is 12.5 Å². The molecule has 0 radical (unpaired) electrons. The molecular formula is C12H15N3O. The summed E-state index contributed by atoms with van der Waals surface area (Å²) in [7, 11) is 0. The van der Waals surface area contributed by atoms with Crippen molar-refractivity contribution in [3.63, 3.8) is 0 Å². The fourth-order valence-corrected chi connectivity index (χ4v) is 1.68. The lowest BCUT2D eigenvalue weighted by atomic mass is 10.1. The van der Waals surface area contributed by atoms with E-state index in [9.17, 15) is 4.79 Å². The largest absolute Gasteiger partial charge is 0.330 e. The Morgan fingerprint density at radius 1 is 1.50 bits per heavy atom. The molecule has 2 rings (SSSR count). The number of hydrogen-bond donors (Lipinski definition) is 1. The highest BCUT2D eigenvalue weighted by Crippen LogP contribution is 2.21. The van der Waals surface area contributed by atoms with Gasteiger partial charge in [0.15, 0.2) is 0 Å². The van der Waals surface area contributed by atoms with E-state index in [2.05, 4.69) is 5.10 Å². The summed E-state index contributed by atoms with van der Waals surface area (Å²) in [5.41, 5.74) is 7.45. The second-order valence-corrected chi connectivity index (χ2v) is 3.91. The molecule has 1 atom stereocenters. The average Bonchev–Trinajstić information content (AvgIpc) is 2.61. The molecule has 0 saturated heterocycles. The maximum Gasteiger partial charge on any atom is 0.255 e. The first-order valence-electron chi connectivity index (χ1n) is 5.39. The van der Waals surface area contributed by atoms with Crippen LogP contribution in [0.25, 0.3) is 0 Å². The lowest BCUT2D eigenvalue weighted by molar-refractivity contribution is -0.119. The maximum absolute atomic E-state index is 11.8. The molecule has 0 bridgehead atoms. The van der Waals surface area contributed by atoms with E-state index in [1.807, 2.05) is 31.2 Å². The molecule has 1 unspecified atom stereocenters. The van der Waals surface area contributed by atoms with Crippen LogP contribution in [-0.4, -0.2) is 18.7 Å². The molecule has 0 fully saturated rings. The van der Waals surface area contributed by atoms with E-state index in [1.165, 1.54) is 5.01 Å². The van der Waals surface area contributed by atoms with Gasteiger partial charge >= 0.3 is 0 Å². The molecule has 4 heteroatoms. The summed E-state index contributed by atoms with van der Waals surface area (Å²) in [6.07, 6.45) is 2.48. The Bertz CT molecular complexity index is 428. The van der Waals surface area contributed by atoms with Gasteiger partial charge in [-0.2, -0.15) is 5.10 Å². The number of nitrogens with two attached hydrogens (primary N) is 1. The Hall–Kier alpha value is -1.68. The molecule has 84 valence electrons. The van der Waals surface area contributed by atoms with Crippen molar-refractivity contribution < 1.29 is 4.79 Å². The third-order valence-electron chi connectivity index (χ3n) is 2.59.